The zero-order chi connectivity index (χ0) is 24.7. The molecule has 0 saturated heterocycles. The standard InChI is InChI=1S/C28H30N2O4S/c1-16-23(10-18-4-6-19(7-5-18)20-8-9-29-24(31)11-20)25(17(2)35-16)26(32)30-22-14-28(15-22)12-21(13-28)27(33)34-3/h4-9,11,21-22H,10,12-15H2,1-3H3,(H,29,31)(H,30,32). The fraction of sp³-hybridized carbons (Fsp3) is 0.393. The van der Waals surface area contributed by atoms with E-state index in [1.54, 1.807) is 23.6 Å². The molecule has 2 fully saturated rings. The van der Waals surface area contributed by atoms with E-state index in [9.17, 15) is 14.4 Å². The number of thiophene rings is 1. The smallest absolute Gasteiger partial charge is 0.308 e. The van der Waals surface area contributed by atoms with Crippen LogP contribution in [0.3, 0.4) is 0 Å². The number of aromatic amines is 1. The molecule has 35 heavy (non-hydrogen) atoms. The highest BCUT2D eigenvalue weighted by molar-refractivity contribution is 7.12. The number of esters is 1. The van der Waals surface area contributed by atoms with Crippen molar-refractivity contribution in [3.63, 3.8) is 0 Å². The van der Waals surface area contributed by atoms with Crippen LogP contribution in [-0.4, -0.2) is 30.0 Å². The van der Waals surface area contributed by atoms with Gasteiger partial charge in [-0.05, 0) is 79.7 Å². The van der Waals surface area contributed by atoms with Crippen LogP contribution in [0.4, 0.5) is 0 Å². The first kappa shape index (κ1) is 23.5. The Morgan fingerprint density at radius 2 is 1.77 bits per heavy atom. The molecule has 5 rings (SSSR count). The van der Waals surface area contributed by atoms with Gasteiger partial charge in [0.25, 0.3) is 5.91 Å². The summed E-state index contributed by atoms with van der Waals surface area (Å²) >= 11 is 1.67. The Morgan fingerprint density at radius 3 is 2.43 bits per heavy atom. The molecule has 0 bridgehead atoms. The molecule has 0 atom stereocenters. The van der Waals surface area contributed by atoms with E-state index in [1.165, 1.54) is 7.11 Å². The summed E-state index contributed by atoms with van der Waals surface area (Å²) in [5.74, 6) is -0.0766. The molecular formula is C28H30N2O4S. The van der Waals surface area contributed by atoms with Gasteiger partial charge in [-0.3, -0.25) is 14.4 Å². The van der Waals surface area contributed by atoms with Gasteiger partial charge >= 0.3 is 5.97 Å². The molecule has 2 aliphatic carbocycles. The summed E-state index contributed by atoms with van der Waals surface area (Å²) in [6, 6.07) is 11.8. The lowest BCUT2D eigenvalue weighted by molar-refractivity contribution is -0.159. The van der Waals surface area contributed by atoms with Crippen molar-refractivity contribution in [3.05, 3.63) is 79.4 Å². The van der Waals surface area contributed by atoms with E-state index < -0.39 is 0 Å². The molecule has 2 saturated carbocycles. The van der Waals surface area contributed by atoms with Crippen LogP contribution < -0.4 is 10.9 Å². The predicted octanol–water partition coefficient (Wildman–Crippen LogP) is 4.77. The first-order chi connectivity index (χ1) is 16.8. The number of carbonyl (C=O) groups excluding carboxylic acids is 2. The Morgan fingerprint density at radius 1 is 1.06 bits per heavy atom. The van der Waals surface area contributed by atoms with Gasteiger partial charge in [-0.25, -0.2) is 0 Å². The summed E-state index contributed by atoms with van der Waals surface area (Å²) < 4.78 is 4.86. The minimum atomic E-state index is -0.121. The Kier molecular flexibility index (Phi) is 6.13. The van der Waals surface area contributed by atoms with E-state index in [4.69, 9.17) is 4.74 Å². The van der Waals surface area contributed by atoms with Crippen molar-refractivity contribution in [1.82, 2.24) is 10.3 Å². The number of methoxy groups -OCH3 is 1. The van der Waals surface area contributed by atoms with E-state index in [2.05, 4.69) is 29.4 Å². The van der Waals surface area contributed by atoms with Crippen molar-refractivity contribution in [3.8, 4) is 11.1 Å². The number of rotatable bonds is 6. The van der Waals surface area contributed by atoms with E-state index in [0.717, 1.165) is 63.3 Å². The van der Waals surface area contributed by atoms with Crippen molar-refractivity contribution in [2.45, 2.75) is 52.0 Å². The Labute approximate surface area is 208 Å². The van der Waals surface area contributed by atoms with Crippen molar-refractivity contribution >= 4 is 23.2 Å². The molecule has 1 spiro atoms. The third kappa shape index (κ3) is 4.57. The van der Waals surface area contributed by atoms with Gasteiger partial charge in [0, 0.05) is 28.1 Å². The lowest BCUT2D eigenvalue weighted by Gasteiger charge is -2.56. The lowest BCUT2D eigenvalue weighted by atomic mass is 9.50. The fourth-order valence-corrected chi connectivity index (χ4v) is 6.96. The molecule has 3 aromatic rings. The number of hydrogen-bond donors (Lipinski definition) is 2. The number of carbonyl (C=O) groups is 2. The van der Waals surface area contributed by atoms with Crippen LogP contribution in [0.25, 0.3) is 11.1 Å². The van der Waals surface area contributed by atoms with Gasteiger partial charge in [0.05, 0.1) is 18.6 Å². The third-order valence-corrected chi connectivity index (χ3v) is 8.71. The number of aromatic nitrogens is 1. The second kappa shape index (κ2) is 9.11. The molecule has 7 heteroatoms. The Bertz CT molecular complexity index is 1320. The van der Waals surface area contributed by atoms with Gasteiger partial charge in [0.15, 0.2) is 0 Å². The fourth-order valence-electron chi connectivity index (χ4n) is 5.88. The van der Waals surface area contributed by atoms with Crippen molar-refractivity contribution in [2.75, 3.05) is 7.11 Å². The maximum atomic E-state index is 13.3. The van der Waals surface area contributed by atoms with E-state index in [1.807, 2.05) is 25.1 Å². The average Bonchev–Trinajstić information content (AvgIpc) is 3.07. The molecule has 2 aromatic heterocycles. The summed E-state index contributed by atoms with van der Waals surface area (Å²) in [6.45, 7) is 4.09. The minimum absolute atomic E-state index is 0.00525. The second-order valence-corrected chi connectivity index (χ2v) is 11.5. The van der Waals surface area contributed by atoms with Gasteiger partial charge in [0.1, 0.15) is 0 Å². The van der Waals surface area contributed by atoms with Gasteiger partial charge in [-0.1, -0.05) is 24.3 Å². The molecule has 2 aliphatic rings. The number of benzene rings is 1. The maximum Gasteiger partial charge on any atom is 0.308 e. The van der Waals surface area contributed by atoms with E-state index in [-0.39, 0.29) is 34.8 Å². The van der Waals surface area contributed by atoms with Gasteiger partial charge < -0.3 is 15.0 Å². The summed E-state index contributed by atoms with van der Waals surface area (Å²) in [5.41, 5.74) is 4.96. The SMILES string of the molecule is COC(=O)C1CC2(CC(NC(=O)c3c(C)sc(C)c3Cc3ccc(-c4cc[nH]c(=O)c4)cc3)C2)C1. The molecule has 6 nitrogen and oxygen atoms in total. The number of aryl methyl sites for hydroxylation is 2. The molecule has 1 aromatic carbocycles. The topological polar surface area (TPSA) is 88.3 Å². The molecule has 0 unspecified atom stereocenters. The quantitative estimate of drug-likeness (QED) is 0.487. The van der Waals surface area contributed by atoms with Crippen LogP contribution in [0.15, 0.2) is 47.4 Å². The summed E-state index contributed by atoms with van der Waals surface area (Å²) in [4.78, 5) is 41.4. The summed E-state index contributed by atoms with van der Waals surface area (Å²) in [5, 5.41) is 3.25. The monoisotopic (exact) mass is 490 g/mol. The Hall–Kier alpha value is -3.19. The van der Waals surface area contributed by atoms with Crippen LogP contribution >= 0.6 is 11.3 Å². The first-order valence-corrected chi connectivity index (χ1v) is 12.8. The number of pyridine rings is 1. The van der Waals surface area contributed by atoms with Gasteiger partial charge in [0.2, 0.25) is 5.56 Å². The number of ether oxygens (including phenoxy) is 1. The second-order valence-electron chi connectivity index (χ2n) is 10.1. The van der Waals surface area contributed by atoms with Crippen LogP contribution in [0.2, 0.25) is 0 Å². The molecule has 2 heterocycles. The average molecular weight is 491 g/mol. The van der Waals surface area contributed by atoms with E-state index >= 15 is 0 Å². The van der Waals surface area contributed by atoms with E-state index in [0.29, 0.717) is 6.42 Å². The highest BCUT2D eigenvalue weighted by Gasteiger charge is 2.55. The largest absolute Gasteiger partial charge is 0.469 e. The van der Waals surface area contributed by atoms with Crippen LogP contribution in [0.1, 0.15) is 56.9 Å². The summed E-state index contributed by atoms with van der Waals surface area (Å²) in [7, 11) is 1.44. The van der Waals surface area contributed by atoms with Crippen molar-refractivity contribution in [2.24, 2.45) is 11.3 Å². The van der Waals surface area contributed by atoms with Crippen molar-refractivity contribution in [1.29, 1.82) is 0 Å². The molecule has 0 aliphatic heterocycles. The molecule has 1 amide bonds. The van der Waals surface area contributed by atoms with Crippen LogP contribution in [-0.2, 0) is 16.0 Å². The zero-order valence-electron chi connectivity index (χ0n) is 20.3. The number of amides is 1. The highest BCUT2D eigenvalue weighted by Crippen LogP contribution is 2.59. The normalized spacial score (nSPS) is 22.8. The molecule has 182 valence electrons. The zero-order valence-corrected chi connectivity index (χ0v) is 21.1. The minimum Gasteiger partial charge on any atom is -0.469 e. The maximum absolute atomic E-state index is 13.3. The first-order valence-electron chi connectivity index (χ1n) is 12.0. The number of hydrogen-bond acceptors (Lipinski definition) is 5. The highest BCUT2D eigenvalue weighted by atomic mass is 32.1. The number of H-pyrrole nitrogens is 1. The van der Waals surface area contributed by atoms with Gasteiger partial charge in [-0.2, -0.15) is 0 Å². The number of nitrogens with one attached hydrogen (secondary N) is 2. The molecular weight excluding hydrogens is 460 g/mol. The molecule has 0 radical (unpaired) electrons. The van der Waals surface area contributed by atoms with Gasteiger partial charge in [-0.15, -0.1) is 11.3 Å². The Balaban J connectivity index is 1.25. The summed E-state index contributed by atoms with van der Waals surface area (Å²) in [6.07, 6.45) is 5.97. The van der Waals surface area contributed by atoms with Crippen molar-refractivity contribution < 1.29 is 14.3 Å². The predicted molar refractivity (Wildman–Crippen MR) is 137 cm³/mol. The van der Waals surface area contributed by atoms with Crippen LogP contribution in [0.5, 0.6) is 0 Å². The lowest BCUT2D eigenvalue weighted by Crippen LogP contribution is -2.57. The molecule has 2 N–H and O–H groups in total. The van der Waals surface area contributed by atoms with Crippen LogP contribution in [0, 0.1) is 25.2 Å². The third-order valence-electron chi connectivity index (χ3n) is 7.64.